The smallest absolute Gasteiger partial charge is 0.306 e. The first-order valence-electron chi connectivity index (χ1n) is 6.10. The molecule has 0 amide bonds. The standard InChI is InChI=1S/C13H20N2O4S/c1-9-5-6-11(14)13(10(9)2)20(17,18)15(3)8-7-12(16)19-4/h5-6H,7-8,14H2,1-4H3. The number of anilines is 1. The average Bonchev–Trinajstić information content (AvgIpc) is 2.39. The zero-order valence-electron chi connectivity index (χ0n) is 12.1. The minimum Gasteiger partial charge on any atom is -0.469 e. The molecule has 0 radical (unpaired) electrons. The second kappa shape index (κ2) is 6.23. The van der Waals surface area contributed by atoms with Crippen LogP contribution in [0, 0.1) is 13.8 Å². The van der Waals surface area contributed by atoms with Gasteiger partial charge in [-0.2, -0.15) is 0 Å². The van der Waals surface area contributed by atoms with E-state index >= 15 is 0 Å². The fraction of sp³-hybridized carbons (Fsp3) is 0.462. The van der Waals surface area contributed by atoms with Gasteiger partial charge in [0.1, 0.15) is 4.90 Å². The lowest BCUT2D eigenvalue weighted by Gasteiger charge is -2.20. The van der Waals surface area contributed by atoms with Crippen molar-refractivity contribution in [1.82, 2.24) is 4.31 Å². The van der Waals surface area contributed by atoms with Crippen molar-refractivity contribution in [3.8, 4) is 0 Å². The number of nitrogens with zero attached hydrogens (tertiary/aromatic N) is 1. The van der Waals surface area contributed by atoms with E-state index in [9.17, 15) is 13.2 Å². The Morgan fingerprint density at radius 2 is 1.95 bits per heavy atom. The molecule has 0 bridgehead atoms. The Labute approximate surface area is 119 Å². The van der Waals surface area contributed by atoms with Crippen molar-refractivity contribution in [3.05, 3.63) is 23.3 Å². The summed E-state index contributed by atoms with van der Waals surface area (Å²) >= 11 is 0. The molecule has 6 nitrogen and oxygen atoms in total. The topological polar surface area (TPSA) is 89.7 Å². The quantitative estimate of drug-likeness (QED) is 0.649. The summed E-state index contributed by atoms with van der Waals surface area (Å²) in [7, 11) is -1.05. The molecule has 1 aromatic carbocycles. The van der Waals surface area contributed by atoms with Crippen LogP contribution in [0.15, 0.2) is 17.0 Å². The predicted molar refractivity (Wildman–Crippen MR) is 76.8 cm³/mol. The third-order valence-corrected chi connectivity index (χ3v) is 5.29. The predicted octanol–water partition coefficient (Wildman–Crippen LogP) is 1.07. The van der Waals surface area contributed by atoms with Gasteiger partial charge in [0, 0.05) is 13.6 Å². The Kier molecular flexibility index (Phi) is 5.13. The summed E-state index contributed by atoms with van der Waals surface area (Å²) in [5, 5.41) is 0. The lowest BCUT2D eigenvalue weighted by atomic mass is 10.1. The van der Waals surface area contributed by atoms with Crippen LogP contribution in [-0.4, -0.2) is 39.4 Å². The molecule has 0 spiro atoms. The number of hydrogen-bond donors (Lipinski definition) is 1. The maximum atomic E-state index is 12.5. The minimum atomic E-state index is -3.73. The van der Waals surface area contributed by atoms with Gasteiger partial charge in [-0.15, -0.1) is 0 Å². The van der Waals surface area contributed by atoms with Gasteiger partial charge in [-0.25, -0.2) is 12.7 Å². The molecule has 1 aromatic rings. The fourth-order valence-corrected chi connectivity index (χ4v) is 3.34. The van der Waals surface area contributed by atoms with Crippen molar-refractivity contribution in [1.29, 1.82) is 0 Å². The van der Waals surface area contributed by atoms with E-state index in [4.69, 9.17) is 5.73 Å². The van der Waals surface area contributed by atoms with E-state index < -0.39 is 16.0 Å². The van der Waals surface area contributed by atoms with Gasteiger partial charge in [-0.05, 0) is 31.0 Å². The number of hydrogen-bond acceptors (Lipinski definition) is 5. The first-order chi connectivity index (χ1) is 9.21. The van der Waals surface area contributed by atoms with Crippen molar-refractivity contribution in [2.24, 2.45) is 0 Å². The van der Waals surface area contributed by atoms with Gasteiger partial charge in [-0.3, -0.25) is 4.79 Å². The molecule has 1 rings (SSSR count). The molecule has 112 valence electrons. The maximum Gasteiger partial charge on any atom is 0.306 e. The van der Waals surface area contributed by atoms with Crippen molar-refractivity contribution >= 4 is 21.7 Å². The Morgan fingerprint density at radius 1 is 1.35 bits per heavy atom. The zero-order chi connectivity index (χ0) is 15.5. The summed E-state index contributed by atoms with van der Waals surface area (Å²) in [4.78, 5) is 11.2. The van der Waals surface area contributed by atoms with E-state index in [1.54, 1.807) is 19.1 Å². The van der Waals surface area contributed by atoms with Crippen LogP contribution in [0.3, 0.4) is 0 Å². The second-order valence-electron chi connectivity index (χ2n) is 4.58. The number of esters is 1. The number of nitrogen functional groups attached to an aromatic ring is 1. The molecular formula is C13H20N2O4S. The van der Waals surface area contributed by atoms with Crippen molar-refractivity contribution in [3.63, 3.8) is 0 Å². The third kappa shape index (κ3) is 3.29. The monoisotopic (exact) mass is 300 g/mol. The highest BCUT2D eigenvalue weighted by atomic mass is 32.2. The van der Waals surface area contributed by atoms with Crippen LogP contribution in [0.1, 0.15) is 17.5 Å². The third-order valence-electron chi connectivity index (χ3n) is 3.23. The van der Waals surface area contributed by atoms with Gasteiger partial charge in [0.2, 0.25) is 10.0 Å². The molecule has 0 aliphatic carbocycles. The summed E-state index contributed by atoms with van der Waals surface area (Å²) in [6.45, 7) is 3.58. The van der Waals surface area contributed by atoms with E-state index in [1.165, 1.54) is 14.2 Å². The summed E-state index contributed by atoms with van der Waals surface area (Å²) in [5.41, 5.74) is 7.47. The number of carbonyl (C=O) groups excluding carboxylic acids is 1. The summed E-state index contributed by atoms with van der Waals surface area (Å²) in [6.07, 6.45) is -0.00298. The van der Waals surface area contributed by atoms with Crippen LogP contribution in [0.5, 0.6) is 0 Å². The number of benzene rings is 1. The van der Waals surface area contributed by atoms with Crippen molar-refractivity contribution in [2.45, 2.75) is 25.2 Å². The molecule has 0 saturated carbocycles. The first kappa shape index (κ1) is 16.5. The molecule has 0 aliphatic rings. The van der Waals surface area contributed by atoms with Gasteiger partial charge in [-0.1, -0.05) is 6.07 Å². The van der Waals surface area contributed by atoms with Crippen molar-refractivity contribution < 1.29 is 17.9 Å². The molecule has 0 aliphatic heterocycles. The normalized spacial score (nSPS) is 11.7. The number of carbonyl (C=O) groups is 1. The Morgan fingerprint density at radius 3 is 2.50 bits per heavy atom. The van der Waals surface area contributed by atoms with Crippen LogP contribution < -0.4 is 5.73 Å². The number of methoxy groups -OCH3 is 1. The molecule has 0 heterocycles. The van der Waals surface area contributed by atoms with Crippen LogP contribution in [-0.2, 0) is 19.6 Å². The highest BCUT2D eigenvalue weighted by Gasteiger charge is 2.26. The lowest BCUT2D eigenvalue weighted by Crippen LogP contribution is -2.30. The van der Waals surface area contributed by atoms with E-state index in [-0.39, 0.29) is 23.5 Å². The number of ether oxygens (including phenoxy) is 1. The largest absolute Gasteiger partial charge is 0.469 e. The number of nitrogens with two attached hydrogens (primary N) is 1. The molecule has 0 unspecified atom stereocenters. The molecule has 0 saturated heterocycles. The Bertz CT molecular complexity index is 611. The number of aryl methyl sites for hydroxylation is 1. The van der Waals surface area contributed by atoms with Crippen molar-refractivity contribution in [2.75, 3.05) is 26.4 Å². The molecule has 0 aromatic heterocycles. The summed E-state index contributed by atoms with van der Waals surface area (Å²) in [5.74, 6) is -0.457. The van der Waals surface area contributed by atoms with E-state index in [2.05, 4.69) is 4.74 Å². The van der Waals surface area contributed by atoms with Crippen LogP contribution in [0.25, 0.3) is 0 Å². The Hall–Kier alpha value is -1.60. The van der Waals surface area contributed by atoms with Gasteiger partial charge in [0.25, 0.3) is 0 Å². The Balaban J connectivity index is 3.11. The van der Waals surface area contributed by atoms with Crippen LogP contribution in [0.2, 0.25) is 0 Å². The van der Waals surface area contributed by atoms with Gasteiger partial charge < -0.3 is 10.5 Å². The number of sulfonamides is 1. The van der Waals surface area contributed by atoms with E-state index in [0.29, 0.717) is 5.56 Å². The molecule has 2 N–H and O–H groups in total. The lowest BCUT2D eigenvalue weighted by molar-refractivity contribution is -0.140. The second-order valence-corrected chi connectivity index (χ2v) is 6.56. The molecule has 0 atom stereocenters. The highest BCUT2D eigenvalue weighted by Crippen LogP contribution is 2.27. The van der Waals surface area contributed by atoms with Gasteiger partial charge in [0.05, 0.1) is 19.2 Å². The van der Waals surface area contributed by atoms with Crippen LogP contribution >= 0.6 is 0 Å². The minimum absolute atomic E-state index is 0.00298. The van der Waals surface area contributed by atoms with Gasteiger partial charge in [0.15, 0.2) is 0 Å². The molecule has 20 heavy (non-hydrogen) atoms. The average molecular weight is 300 g/mol. The first-order valence-corrected chi connectivity index (χ1v) is 7.54. The SMILES string of the molecule is COC(=O)CCN(C)S(=O)(=O)c1c(N)ccc(C)c1C. The summed E-state index contributed by atoms with van der Waals surface area (Å²) in [6, 6.07) is 3.35. The maximum absolute atomic E-state index is 12.5. The van der Waals surface area contributed by atoms with E-state index in [0.717, 1.165) is 9.87 Å². The number of rotatable bonds is 5. The zero-order valence-corrected chi connectivity index (χ0v) is 13.0. The van der Waals surface area contributed by atoms with E-state index in [1.807, 2.05) is 6.92 Å². The van der Waals surface area contributed by atoms with Crippen LogP contribution in [0.4, 0.5) is 5.69 Å². The summed E-state index contributed by atoms with van der Waals surface area (Å²) < 4.78 is 30.7. The molecular weight excluding hydrogens is 280 g/mol. The highest BCUT2D eigenvalue weighted by molar-refractivity contribution is 7.89. The molecule has 7 heteroatoms. The van der Waals surface area contributed by atoms with Gasteiger partial charge >= 0.3 is 5.97 Å². The fourth-order valence-electron chi connectivity index (χ4n) is 1.78. The molecule has 0 fully saturated rings.